The Labute approximate surface area is 168 Å². The highest BCUT2D eigenvalue weighted by Crippen LogP contribution is 2.56. The van der Waals surface area contributed by atoms with Crippen LogP contribution >= 0.6 is 0 Å². The van der Waals surface area contributed by atoms with Crippen LogP contribution in [-0.4, -0.2) is 0 Å². The number of fused-ring (bicyclic) bond motifs is 3. The fraction of sp³-hybridized carbons (Fsp3) is 0.0769. The van der Waals surface area contributed by atoms with Crippen molar-refractivity contribution in [3.05, 3.63) is 124 Å². The maximum absolute atomic E-state index is 15.5. The van der Waals surface area contributed by atoms with Gasteiger partial charge in [0.2, 0.25) is 0 Å². The second-order valence-corrected chi connectivity index (χ2v) is 7.56. The van der Waals surface area contributed by atoms with Crippen LogP contribution in [0.1, 0.15) is 27.8 Å². The normalized spacial score (nSPS) is 13.8. The summed E-state index contributed by atoms with van der Waals surface area (Å²) in [5.41, 5.74) is 10.4. The Hall–Kier alpha value is -3.46. The van der Waals surface area contributed by atoms with Crippen molar-refractivity contribution in [3.8, 4) is 11.1 Å². The minimum atomic E-state index is -1.09. The fourth-order valence-corrected chi connectivity index (χ4v) is 4.72. The van der Waals surface area contributed by atoms with E-state index in [1.165, 1.54) is 12.1 Å². The Morgan fingerprint density at radius 3 is 1.69 bits per heavy atom. The third kappa shape index (κ3) is 2.37. The average molecular weight is 383 g/mol. The molecule has 4 aromatic carbocycles. The molecule has 3 heteroatoms. The van der Waals surface area contributed by atoms with Crippen LogP contribution in [0, 0.1) is 18.6 Å². The van der Waals surface area contributed by atoms with Gasteiger partial charge in [0.05, 0.1) is 5.41 Å². The van der Waals surface area contributed by atoms with E-state index in [0.717, 1.165) is 27.8 Å². The van der Waals surface area contributed by atoms with E-state index in [1.54, 1.807) is 18.2 Å². The Kier molecular flexibility index (Phi) is 3.82. The predicted octanol–water partition coefficient (Wildman–Crippen LogP) is 6.22. The molecule has 29 heavy (non-hydrogen) atoms. The molecule has 0 amide bonds. The predicted molar refractivity (Wildman–Crippen MR) is 113 cm³/mol. The molecule has 0 aliphatic heterocycles. The van der Waals surface area contributed by atoms with E-state index in [4.69, 9.17) is 5.73 Å². The highest BCUT2D eigenvalue weighted by atomic mass is 19.1. The Bertz CT molecular complexity index is 1160. The van der Waals surface area contributed by atoms with Gasteiger partial charge in [0.1, 0.15) is 11.6 Å². The van der Waals surface area contributed by atoms with Gasteiger partial charge in [0, 0.05) is 16.8 Å². The van der Waals surface area contributed by atoms with E-state index < -0.39 is 11.2 Å². The second kappa shape index (κ2) is 6.28. The molecule has 0 saturated carbocycles. The van der Waals surface area contributed by atoms with Crippen molar-refractivity contribution in [2.24, 2.45) is 0 Å². The van der Waals surface area contributed by atoms with Crippen LogP contribution in [0.2, 0.25) is 0 Å². The molecule has 0 unspecified atom stereocenters. The van der Waals surface area contributed by atoms with Crippen molar-refractivity contribution < 1.29 is 8.78 Å². The first-order chi connectivity index (χ1) is 14.0. The van der Waals surface area contributed by atoms with E-state index >= 15 is 8.78 Å². The van der Waals surface area contributed by atoms with E-state index in [0.29, 0.717) is 16.8 Å². The molecule has 2 N–H and O–H groups in total. The smallest absolute Gasteiger partial charge is 0.130 e. The minimum Gasteiger partial charge on any atom is -0.399 e. The lowest BCUT2D eigenvalue weighted by molar-refractivity contribution is 0.554. The summed E-state index contributed by atoms with van der Waals surface area (Å²) in [4.78, 5) is 0. The summed E-state index contributed by atoms with van der Waals surface area (Å²) in [5, 5.41) is 0. The Morgan fingerprint density at radius 2 is 1.14 bits per heavy atom. The van der Waals surface area contributed by atoms with Gasteiger partial charge in [0.15, 0.2) is 0 Å². The number of nitrogens with two attached hydrogens (primary N) is 1. The van der Waals surface area contributed by atoms with Crippen LogP contribution in [0.15, 0.2) is 84.9 Å². The zero-order valence-corrected chi connectivity index (χ0v) is 15.9. The van der Waals surface area contributed by atoms with Gasteiger partial charge in [-0.25, -0.2) is 8.78 Å². The summed E-state index contributed by atoms with van der Waals surface area (Å²) >= 11 is 0. The number of halogens is 2. The van der Waals surface area contributed by atoms with Gasteiger partial charge in [-0.05, 0) is 52.9 Å². The number of hydrogen-bond donors (Lipinski definition) is 1. The molecule has 0 heterocycles. The van der Waals surface area contributed by atoms with Crippen molar-refractivity contribution in [3.63, 3.8) is 0 Å². The van der Waals surface area contributed by atoms with Crippen LogP contribution in [0.4, 0.5) is 14.5 Å². The zero-order valence-electron chi connectivity index (χ0n) is 15.9. The lowest BCUT2D eigenvalue weighted by atomic mass is 9.67. The molecule has 0 bridgehead atoms. The van der Waals surface area contributed by atoms with E-state index in [-0.39, 0.29) is 5.82 Å². The second-order valence-electron chi connectivity index (χ2n) is 7.56. The summed E-state index contributed by atoms with van der Waals surface area (Å²) in [6, 6.07) is 25.5. The summed E-state index contributed by atoms with van der Waals surface area (Å²) in [6.07, 6.45) is 0. The molecule has 0 spiro atoms. The summed E-state index contributed by atoms with van der Waals surface area (Å²) in [6.45, 7) is 1.85. The van der Waals surface area contributed by atoms with Crippen molar-refractivity contribution in [1.29, 1.82) is 0 Å². The number of anilines is 1. The van der Waals surface area contributed by atoms with Crippen LogP contribution in [0.5, 0.6) is 0 Å². The summed E-state index contributed by atoms with van der Waals surface area (Å²) < 4.78 is 30.9. The largest absolute Gasteiger partial charge is 0.399 e. The number of aryl methyl sites for hydroxylation is 1. The first-order valence-electron chi connectivity index (χ1n) is 9.55. The van der Waals surface area contributed by atoms with Crippen LogP contribution in [-0.2, 0) is 5.41 Å². The lowest BCUT2D eigenvalue weighted by Gasteiger charge is -2.34. The molecule has 5 rings (SSSR count). The molecule has 0 fully saturated rings. The van der Waals surface area contributed by atoms with Gasteiger partial charge in [-0.15, -0.1) is 0 Å². The van der Waals surface area contributed by atoms with Crippen LogP contribution in [0.25, 0.3) is 11.1 Å². The molecular formula is C26H19F2N. The van der Waals surface area contributed by atoms with Crippen molar-refractivity contribution in [1.82, 2.24) is 0 Å². The number of nitrogen functional groups attached to an aromatic ring is 1. The quantitative estimate of drug-likeness (QED) is 0.360. The number of benzene rings is 4. The maximum atomic E-state index is 15.5. The van der Waals surface area contributed by atoms with Crippen LogP contribution in [0.3, 0.4) is 0 Å². The Balaban J connectivity index is 2.00. The third-order valence-electron chi connectivity index (χ3n) is 5.88. The molecule has 1 nitrogen and oxygen atoms in total. The fourth-order valence-electron chi connectivity index (χ4n) is 4.72. The zero-order chi connectivity index (χ0) is 20.2. The number of rotatable bonds is 2. The molecule has 4 aromatic rings. The van der Waals surface area contributed by atoms with Gasteiger partial charge < -0.3 is 5.73 Å². The van der Waals surface area contributed by atoms with Gasteiger partial charge in [-0.3, -0.25) is 0 Å². The van der Waals surface area contributed by atoms with Crippen molar-refractivity contribution in [2.75, 3.05) is 5.73 Å². The van der Waals surface area contributed by atoms with Gasteiger partial charge in [-0.1, -0.05) is 66.7 Å². The van der Waals surface area contributed by atoms with Gasteiger partial charge in [-0.2, -0.15) is 0 Å². The molecule has 1 aliphatic rings. The molecule has 1 aliphatic carbocycles. The van der Waals surface area contributed by atoms with Crippen LogP contribution < -0.4 is 5.73 Å². The SMILES string of the molecule is Cc1ccc(C2(c3ccc(N)cc3F)c3ccccc3-c3ccccc32)c(F)c1. The van der Waals surface area contributed by atoms with Crippen molar-refractivity contribution in [2.45, 2.75) is 12.3 Å². The molecule has 0 aromatic heterocycles. The van der Waals surface area contributed by atoms with E-state index in [2.05, 4.69) is 0 Å². The van der Waals surface area contributed by atoms with E-state index in [1.807, 2.05) is 61.5 Å². The van der Waals surface area contributed by atoms with Crippen molar-refractivity contribution >= 4 is 5.69 Å². The molecule has 0 radical (unpaired) electrons. The highest BCUT2D eigenvalue weighted by Gasteiger charge is 2.48. The molecular weight excluding hydrogens is 364 g/mol. The lowest BCUT2D eigenvalue weighted by Crippen LogP contribution is -2.31. The first-order valence-corrected chi connectivity index (χ1v) is 9.55. The third-order valence-corrected chi connectivity index (χ3v) is 5.88. The summed E-state index contributed by atoms with van der Waals surface area (Å²) in [7, 11) is 0. The Morgan fingerprint density at radius 1 is 0.621 bits per heavy atom. The first kappa shape index (κ1) is 17.6. The van der Waals surface area contributed by atoms with Gasteiger partial charge >= 0.3 is 0 Å². The summed E-state index contributed by atoms with van der Waals surface area (Å²) in [5.74, 6) is -0.802. The molecule has 0 saturated heterocycles. The average Bonchev–Trinajstić information content (AvgIpc) is 3.00. The standard InChI is InChI=1S/C26H19F2N/c1-16-10-12-22(24(27)14-16)26(23-13-11-17(29)15-25(23)28)20-8-4-2-6-18(20)19-7-3-5-9-21(19)26/h2-15H,29H2,1H3. The highest BCUT2D eigenvalue weighted by molar-refractivity contribution is 5.86. The minimum absolute atomic E-state index is 0.338. The molecule has 0 atom stereocenters. The van der Waals surface area contributed by atoms with Gasteiger partial charge in [0.25, 0.3) is 0 Å². The maximum Gasteiger partial charge on any atom is 0.130 e. The number of hydrogen-bond acceptors (Lipinski definition) is 1. The topological polar surface area (TPSA) is 26.0 Å². The monoisotopic (exact) mass is 383 g/mol. The van der Waals surface area contributed by atoms with E-state index in [9.17, 15) is 0 Å². The molecule has 142 valence electrons.